The lowest BCUT2D eigenvalue weighted by molar-refractivity contribution is -0.120. The second kappa shape index (κ2) is 8.15. The molecule has 0 spiro atoms. The van der Waals surface area contributed by atoms with Crippen LogP contribution in [0, 0.1) is 17.2 Å². The van der Waals surface area contributed by atoms with Gasteiger partial charge in [0.1, 0.15) is 16.9 Å². The Morgan fingerprint density at radius 1 is 1.14 bits per heavy atom. The predicted molar refractivity (Wildman–Crippen MR) is 108 cm³/mol. The van der Waals surface area contributed by atoms with Crippen LogP contribution < -0.4 is 10.2 Å². The van der Waals surface area contributed by atoms with E-state index in [1.165, 1.54) is 11.3 Å². The fraction of sp³-hybridized carbons (Fsp3) is 0.250. The summed E-state index contributed by atoms with van der Waals surface area (Å²) in [7, 11) is 0. The van der Waals surface area contributed by atoms with Crippen molar-refractivity contribution >= 4 is 28.2 Å². The summed E-state index contributed by atoms with van der Waals surface area (Å²) >= 11 is 1.38. The van der Waals surface area contributed by atoms with Crippen LogP contribution in [0.1, 0.15) is 18.4 Å². The second-order valence-corrected chi connectivity index (χ2v) is 7.52. The Morgan fingerprint density at radius 3 is 2.61 bits per heavy atom. The SMILES string of the molecule is N#Cc1ccc(N2CCC(C(=O)Nc3nnc(-c4ccccc4)s3)CC2)nc1. The van der Waals surface area contributed by atoms with E-state index in [0.717, 1.165) is 42.3 Å². The zero-order valence-electron chi connectivity index (χ0n) is 15.1. The van der Waals surface area contributed by atoms with Crippen molar-refractivity contribution in [3.8, 4) is 16.6 Å². The molecule has 0 aliphatic carbocycles. The fourth-order valence-corrected chi connectivity index (χ4v) is 3.94. The molecule has 140 valence electrons. The number of nitrogens with zero attached hydrogens (tertiary/aromatic N) is 5. The van der Waals surface area contributed by atoms with Gasteiger partial charge in [-0.15, -0.1) is 10.2 Å². The number of benzene rings is 1. The minimum absolute atomic E-state index is 0.0109. The van der Waals surface area contributed by atoms with E-state index in [-0.39, 0.29) is 11.8 Å². The van der Waals surface area contributed by atoms with E-state index in [1.807, 2.05) is 36.4 Å². The highest BCUT2D eigenvalue weighted by Gasteiger charge is 2.26. The molecule has 1 aliphatic heterocycles. The number of anilines is 2. The first-order valence-corrected chi connectivity index (χ1v) is 9.85. The number of aromatic nitrogens is 3. The van der Waals surface area contributed by atoms with Gasteiger partial charge in [-0.2, -0.15) is 5.26 Å². The van der Waals surface area contributed by atoms with E-state index in [4.69, 9.17) is 5.26 Å². The normalized spacial score (nSPS) is 14.5. The molecule has 0 saturated carbocycles. The van der Waals surface area contributed by atoms with Crippen molar-refractivity contribution in [3.63, 3.8) is 0 Å². The van der Waals surface area contributed by atoms with Crippen LogP contribution in [0.4, 0.5) is 10.9 Å². The maximum absolute atomic E-state index is 12.6. The van der Waals surface area contributed by atoms with Crippen LogP contribution in [0.15, 0.2) is 48.7 Å². The molecular formula is C20H18N6OS. The van der Waals surface area contributed by atoms with Crippen LogP contribution in [0.5, 0.6) is 0 Å². The lowest BCUT2D eigenvalue weighted by Crippen LogP contribution is -2.38. The lowest BCUT2D eigenvalue weighted by Gasteiger charge is -2.31. The van der Waals surface area contributed by atoms with Crippen molar-refractivity contribution in [1.29, 1.82) is 5.26 Å². The van der Waals surface area contributed by atoms with Gasteiger partial charge < -0.3 is 10.2 Å². The third kappa shape index (κ3) is 4.00. The van der Waals surface area contributed by atoms with Crippen LogP contribution in [-0.2, 0) is 4.79 Å². The number of amides is 1. The molecule has 3 aromatic rings. The zero-order valence-corrected chi connectivity index (χ0v) is 15.9. The number of nitrogens with one attached hydrogen (secondary N) is 1. The first-order chi connectivity index (χ1) is 13.7. The predicted octanol–water partition coefficient (Wildman–Crippen LogP) is 3.33. The number of carbonyl (C=O) groups is 1. The molecule has 1 aromatic carbocycles. The molecule has 0 bridgehead atoms. The number of hydrogen-bond donors (Lipinski definition) is 1. The minimum atomic E-state index is -0.0568. The third-order valence-electron chi connectivity index (χ3n) is 4.74. The second-order valence-electron chi connectivity index (χ2n) is 6.55. The van der Waals surface area contributed by atoms with Crippen molar-refractivity contribution in [2.75, 3.05) is 23.3 Å². The molecule has 4 rings (SSSR count). The first-order valence-electron chi connectivity index (χ1n) is 9.04. The highest BCUT2D eigenvalue weighted by Crippen LogP contribution is 2.28. The maximum atomic E-state index is 12.6. The Bertz CT molecular complexity index is 988. The monoisotopic (exact) mass is 390 g/mol. The average Bonchev–Trinajstić information content (AvgIpc) is 3.23. The third-order valence-corrected chi connectivity index (χ3v) is 5.63. The van der Waals surface area contributed by atoms with Gasteiger partial charge in [0.05, 0.1) is 5.56 Å². The Kier molecular flexibility index (Phi) is 5.26. The molecule has 0 unspecified atom stereocenters. The number of hydrogen-bond acceptors (Lipinski definition) is 7. The number of piperidine rings is 1. The van der Waals surface area contributed by atoms with Crippen LogP contribution >= 0.6 is 11.3 Å². The zero-order chi connectivity index (χ0) is 19.3. The summed E-state index contributed by atoms with van der Waals surface area (Å²) in [6, 6.07) is 15.5. The van der Waals surface area contributed by atoms with Crippen molar-refractivity contribution in [1.82, 2.24) is 15.2 Å². The number of nitriles is 1. The topological polar surface area (TPSA) is 94.8 Å². The molecule has 7 nitrogen and oxygen atoms in total. The highest BCUT2D eigenvalue weighted by molar-refractivity contribution is 7.18. The number of pyridine rings is 1. The molecule has 0 radical (unpaired) electrons. The van der Waals surface area contributed by atoms with Gasteiger partial charge in [-0.05, 0) is 25.0 Å². The van der Waals surface area contributed by atoms with E-state index in [9.17, 15) is 4.79 Å². The molecule has 3 heterocycles. The molecule has 0 atom stereocenters. The fourth-order valence-electron chi connectivity index (χ4n) is 3.19. The highest BCUT2D eigenvalue weighted by atomic mass is 32.1. The molecule has 2 aromatic heterocycles. The summed E-state index contributed by atoms with van der Waals surface area (Å²) in [5.74, 6) is 0.774. The van der Waals surface area contributed by atoms with Gasteiger partial charge in [0.15, 0.2) is 0 Å². The summed E-state index contributed by atoms with van der Waals surface area (Å²) in [5.41, 5.74) is 1.54. The van der Waals surface area contributed by atoms with Crippen LogP contribution in [0.2, 0.25) is 0 Å². The standard InChI is InChI=1S/C20H18N6OS/c21-12-14-6-7-17(22-13-14)26-10-8-15(9-11-26)18(27)23-20-25-24-19(28-20)16-4-2-1-3-5-16/h1-7,13,15H,8-11H2,(H,23,25,27). The Balaban J connectivity index is 1.33. The van der Waals surface area contributed by atoms with Crippen molar-refractivity contribution in [2.24, 2.45) is 5.92 Å². The smallest absolute Gasteiger partial charge is 0.229 e. The van der Waals surface area contributed by atoms with Gasteiger partial charge in [-0.3, -0.25) is 4.79 Å². The Hall–Kier alpha value is -3.31. The van der Waals surface area contributed by atoms with E-state index in [0.29, 0.717) is 10.7 Å². The summed E-state index contributed by atoms with van der Waals surface area (Å²) in [6.07, 6.45) is 3.07. The molecule has 1 N–H and O–H groups in total. The van der Waals surface area contributed by atoms with E-state index < -0.39 is 0 Å². The van der Waals surface area contributed by atoms with Gasteiger partial charge in [0, 0.05) is 30.8 Å². The summed E-state index contributed by atoms with van der Waals surface area (Å²) in [4.78, 5) is 19.1. The largest absolute Gasteiger partial charge is 0.357 e. The van der Waals surface area contributed by atoms with Crippen LogP contribution in [0.3, 0.4) is 0 Å². The Labute approximate surface area is 166 Å². The minimum Gasteiger partial charge on any atom is -0.357 e. The van der Waals surface area contributed by atoms with Gasteiger partial charge in [-0.1, -0.05) is 41.7 Å². The van der Waals surface area contributed by atoms with Crippen LogP contribution in [0.25, 0.3) is 10.6 Å². The van der Waals surface area contributed by atoms with E-state index in [1.54, 1.807) is 12.3 Å². The summed E-state index contributed by atoms with van der Waals surface area (Å²) < 4.78 is 0. The van der Waals surface area contributed by atoms with E-state index in [2.05, 4.69) is 31.5 Å². The molecule has 28 heavy (non-hydrogen) atoms. The number of rotatable bonds is 4. The Morgan fingerprint density at radius 2 is 1.93 bits per heavy atom. The van der Waals surface area contributed by atoms with Crippen molar-refractivity contribution in [2.45, 2.75) is 12.8 Å². The molecule has 8 heteroatoms. The molecule has 1 amide bonds. The average molecular weight is 390 g/mol. The molecular weight excluding hydrogens is 372 g/mol. The molecule has 1 fully saturated rings. The first kappa shape index (κ1) is 18.1. The van der Waals surface area contributed by atoms with Gasteiger partial charge in [-0.25, -0.2) is 4.98 Å². The van der Waals surface area contributed by atoms with Crippen molar-refractivity contribution in [3.05, 3.63) is 54.2 Å². The van der Waals surface area contributed by atoms with Gasteiger partial charge in [0.25, 0.3) is 0 Å². The van der Waals surface area contributed by atoms with Crippen LogP contribution in [-0.4, -0.2) is 34.2 Å². The quantitative estimate of drug-likeness (QED) is 0.734. The molecule has 1 saturated heterocycles. The lowest BCUT2D eigenvalue weighted by atomic mass is 9.96. The van der Waals surface area contributed by atoms with E-state index >= 15 is 0 Å². The molecule has 1 aliphatic rings. The summed E-state index contributed by atoms with van der Waals surface area (Å²) in [6.45, 7) is 1.50. The maximum Gasteiger partial charge on any atom is 0.229 e. The van der Waals surface area contributed by atoms with Gasteiger partial charge >= 0.3 is 0 Å². The van der Waals surface area contributed by atoms with Gasteiger partial charge in [0.2, 0.25) is 11.0 Å². The van der Waals surface area contributed by atoms with Crippen molar-refractivity contribution < 1.29 is 4.79 Å². The summed E-state index contributed by atoms with van der Waals surface area (Å²) in [5, 5.41) is 21.4. The number of carbonyl (C=O) groups excluding carboxylic acids is 1.